The second-order valence-electron chi connectivity index (χ2n) is 6.32. The summed E-state index contributed by atoms with van der Waals surface area (Å²) in [6.07, 6.45) is 1.23. The Morgan fingerprint density at radius 2 is 2.00 bits per heavy atom. The number of benzene rings is 1. The van der Waals surface area contributed by atoms with Gasteiger partial charge in [0.1, 0.15) is 5.75 Å². The van der Waals surface area contributed by atoms with E-state index in [1.165, 1.54) is 0 Å². The van der Waals surface area contributed by atoms with E-state index >= 15 is 0 Å². The van der Waals surface area contributed by atoms with Gasteiger partial charge in [0.25, 0.3) is 0 Å². The molecule has 150 valence electrons. The molecule has 0 radical (unpaired) electrons. The zero-order chi connectivity index (χ0) is 18.5. The summed E-state index contributed by atoms with van der Waals surface area (Å²) >= 11 is 0. The number of hydrogen-bond acceptors (Lipinski definition) is 4. The number of ether oxygens (including phenoxy) is 2. The maximum atomic E-state index is 5.73. The van der Waals surface area contributed by atoms with E-state index in [2.05, 4.69) is 39.7 Å². The van der Waals surface area contributed by atoms with Gasteiger partial charge in [-0.25, -0.2) is 0 Å². The van der Waals surface area contributed by atoms with Crippen LogP contribution in [0.2, 0.25) is 0 Å². The molecule has 0 aliphatic rings. The van der Waals surface area contributed by atoms with Gasteiger partial charge in [-0.1, -0.05) is 12.1 Å². The summed E-state index contributed by atoms with van der Waals surface area (Å²) in [6.45, 7) is 8.41. The van der Waals surface area contributed by atoms with Crippen molar-refractivity contribution in [2.75, 3.05) is 47.4 Å². The van der Waals surface area contributed by atoms with Crippen LogP contribution in [-0.4, -0.2) is 64.4 Å². The largest absolute Gasteiger partial charge is 0.491 e. The second kappa shape index (κ2) is 15.0. The van der Waals surface area contributed by atoms with Crippen molar-refractivity contribution in [3.63, 3.8) is 0 Å². The molecule has 26 heavy (non-hydrogen) atoms. The van der Waals surface area contributed by atoms with Crippen molar-refractivity contribution in [1.82, 2.24) is 15.5 Å². The first-order valence-electron chi connectivity index (χ1n) is 8.92. The SMILES string of the molecule is CN=C(NCCN(C)CCCOC)NCc1cccc(OC(C)C)c1.I. The number of rotatable bonds is 11. The van der Waals surface area contributed by atoms with Crippen LogP contribution >= 0.6 is 24.0 Å². The zero-order valence-corrected chi connectivity index (χ0v) is 19.1. The third-order valence-electron chi connectivity index (χ3n) is 3.63. The molecule has 7 heteroatoms. The second-order valence-corrected chi connectivity index (χ2v) is 6.32. The van der Waals surface area contributed by atoms with Crippen molar-refractivity contribution in [3.8, 4) is 5.75 Å². The van der Waals surface area contributed by atoms with Crippen LogP contribution in [0.3, 0.4) is 0 Å². The van der Waals surface area contributed by atoms with Gasteiger partial charge in [0.05, 0.1) is 6.10 Å². The Hall–Kier alpha value is -1.06. The molecule has 2 N–H and O–H groups in total. The Balaban J connectivity index is 0.00000625. The number of nitrogens with zero attached hydrogens (tertiary/aromatic N) is 2. The summed E-state index contributed by atoms with van der Waals surface area (Å²) in [5.41, 5.74) is 1.16. The lowest BCUT2D eigenvalue weighted by molar-refractivity contribution is 0.180. The highest BCUT2D eigenvalue weighted by atomic mass is 127. The molecule has 0 spiro atoms. The number of likely N-dealkylation sites (N-methyl/N-ethyl adjacent to an activating group) is 1. The highest BCUT2D eigenvalue weighted by Crippen LogP contribution is 2.14. The predicted octanol–water partition coefficient (Wildman–Crippen LogP) is 2.73. The van der Waals surface area contributed by atoms with E-state index in [4.69, 9.17) is 9.47 Å². The van der Waals surface area contributed by atoms with E-state index in [9.17, 15) is 0 Å². The van der Waals surface area contributed by atoms with Gasteiger partial charge in [-0.3, -0.25) is 4.99 Å². The minimum atomic E-state index is 0. The lowest BCUT2D eigenvalue weighted by Gasteiger charge is -2.18. The lowest BCUT2D eigenvalue weighted by atomic mass is 10.2. The molecule has 0 aromatic heterocycles. The number of hydrogen-bond donors (Lipinski definition) is 2. The van der Waals surface area contributed by atoms with Crippen molar-refractivity contribution in [2.45, 2.75) is 32.9 Å². The first-order chi connectivity index (χ1) is 12.0. The fourth-order valence-corrected chi connectivity index (χ4v) is 2.36. The molecule has 0 unspecified atom stereocenters. The van der Waals surface area contributed by atoms with Crippen molar-refractivity contribution in [2.24, 2.45) is 4.99 Å². The van der Waals surface area contributed by atoms with Gasteiger partial charge < -0.3 is 25.0 Å². The van der Waals surface area contributed by atoms with E-state index in [0.29, 0.717) is 6.54 Å². The quantitative estimate of drug-likeness (QED) is 0.222. The third kappa shape index (κ3) is 11.5. The molecule has 1 aromatic rings. The molecule has 0 bridgehead atoms. The standard InChI is InChI=1S/C19H34N4O2.HI/c1-16(2)25-18-9-6-8-17(14-18)15-22-19(20-3)21-10-12-23(4)11-7-13-24-5;/h6,8-9,14,16H,7,10-13,15H2,1-5H3,(H2,20,21,22);1H. The first-order valence-corrected chi connectivity index (χ1v) is 8.92. The molecule has 0 aliphatic heterocycles. The van der Waals surface area contributed by atoms with Crippen LogP contribution in [0, 0.1) is 0 Å². The average Bonchev–Trinajstić information content (AvgIpc) is 2.58. The lowest BCUT2D eigenvalue weighted by Crippen LogP contribution is -2.40. The number of guanidine groups is 1. The van der Waals surface area contributed by atoms with Gasteiger partial charge in [0.2, 0.25) is 0 Å². The average molecular weight is 478 g/mol. The molecular weight excluding hydrogens is 443 g/mol. The van der Waals surface area contributed by atoms with Gasteiger partial charge in [-0.2, -0.15) is 0 Å². The summed E-state index contributed by atoms with van der Waals surface area (Å²) in [4.78, 5) is 6.55. The monoisotopic (exact) mass is 478 g/mol. The molecule has 0 amide bonds. The molecule has 0 fully saturated rings. The Labute approximate surface area is 175 Å². The number of aliphatic imine (C=N–C) groups is 1. The third-order valence-corrected chi connectivity index (χ3v) is 3.63. The minimum Gasteiger partial charge on any atom is -0.491 e. The van der Waals surface area contributed by atoms with Crippen molar-refractivity contribution in [1.29, 1.82) is 0 Å². The first kappa shape index (κ1) is 24.9. The van der Waals surface area contributed by atoms with Crippen LogP contribution < -0.4 is 15.4 Å². The van der Waals surface area contributed by atoms with Gasteiger partial charge >= 0.3 is 0 Å². The highest BCUT2D eigenvalue weighted by Gasteiger charge is 2.03. The minimum absolute atomic E-state index is 0. The smallest absolute Gasteiger partial charge is 0.191 e. The molecule has 1 rings (SSSR count). The molecule has 0 atom stereocenters. The van der Waals surface area contributed by atoms with Gasteiger partial charge in [0.15, 0.2) is 5.96 Å². The fraction of sp³-hybridized carbons (Fsp3) is 0.632. The summed E-state index contributed by atoms with van der Waals surface area (Å²) in [7, 11) is 5.64. The Bertz CT molecular complexity index is 512. The van der Waals surface area contributed by atoms with E-state index in [-0.39, 0.29) is 30.1 Å². The van der Waals surface area contributed by atoms with E-state index < -0.39 is 0 Å². The fourth-order valence-electron chi connectivity index (χ4n) is 2.36. The normalized spacial score (nSPS) is 11.4. The molecule has 6 nitrogen and oxygen atoms in total. The van der Waals surface area contributed by atoms with Crippen LogP contribution in [0.5, 0.6) is 5.75 Å². The van der Waals surface area contributed by atoms with Crippen LogP contribution in [-0.2, 0) is 11.3 Å². The summed E-state index contributed by atoms with van der Waals surface area (Å²) in [5, 5.41) is 6.68. The van der Waals surface area contributed by atoms with E-state index in [0.717, 1.165) is 49.9 Å². The predicted molar refractivity (Wildman–Crippen MR) is 120 cm³/mol. The van der Waals surface area contributed by atoms with Gasteiger partial charge in [0, 0.05) is 46.9 Å². The summed E-state index contributed by atoms with van der Waals surface area (Å²) in [5.74, 6) is 1.70. The Morgan fingerprint density at radius 1 is 1.23 bits per heavy atom. The Kier molecular flexibility index (Phi) is 14.4. The maximum Gasteiger partial charge on any atom is 0.191 e. The zero-order valence-electron chi connectivity index (χ0n) is 16.7. The van der Waals surface area contributed by atoms with Crippen LogP contribution in [0.1, 0.15) is 25.8 Å². The van der Waals surface area contributed by atoms with Crippen LogP contribution in [0.4, 0.5) is 0 Å². The maximum absolute atomic E-state index is 5.73. The van der Waals surface area contributed by atoms with Crippen molar-refractivity contribution in [3.05, 3.63) is 29.8 Å². The molecule has 0 aliphatic carbocycles. The molecular formula is C19H35IN4O2. The summed E-state index contributed by atoms with van der Waals surface area (Å²) < 4.78 is 10.8. The molecule has 1 aromatic carbocycles. The number of methoxy groups -OCH3 is 1. The van der Waals surface area contributed by atoms with Crippen LogP contribution in [0.25, 0.3) is 0 Å². The number of nitrogens with one attached hydrogen (secondary N) is 2. The topological polar surface area (TPSA) is 58.1 Å². The molecule has 0 heterocycles. The van der Waals surface area contributed by atoms with Gasteiger partial charge in [-0.15, -0.1) is 24.0 Å². The van der Waals surface area contributed by atoms with E-state index in [1.54, 1.807) is 14.2 Å². The van der Waals surface area contributed by atoms with Crippen molar-refractivity contribution >= 4 is 29.9 Å². The van der Waals surface area contributed by atoms with Gasteiger partial charge in [-0.05, 0) is 45.0 Å². The Morgan fingerprint density at radius 3 is 2.65 bits per heavy atom. The molecule has 0 saturated carbocycles. The number of halogens is 1. The summed E-state index contributed by atoms with van der Waals surface area (Å²) in [6, 6.07) is 8.14. The van der Waals surface area contributed by atoms with Crippen LogP contribution in [0.15, 0.2) is 29.3 Å². The van der Waals surface area contributed by atoms with Crippen molar-refractivity contribution < 1.29 is 9.47 Å². The highest BCUT2D eigenvalue weighted by molar-refractivity contribution is 14.0. The molecule has 0 saturated heterocycles. The van der Waals surface area contributed by atoms with E-state index in [1.807, 2.05) is 26.0 Å².